The number of piperazine rings is 1. The predicted molar refractivity (Wildman–Crippen MR) is 91.5 cm³/mol. The van der Waals surface area contributed by atoms with E-state index in [9.17, 15) is 26.3 Å². The molecule has 0 spiro atoms. The van der Waals surface area contributed by atoms with E-state index in [0.29, 0.717) is 26.2 Å². The molecule has 1 atom stereocenters. The highest BCUT2D eigenvalue weighted by Gasteiger charge is 2.38. The van der Waals surface area contributed by atoms with E-state index in [1.54, 1.807) is 4.90 Å². The van der Waals surface area contributed by atoms with Crippen molar-refractivity contribution in [1.82, 2.24) is 10.2 Å². The van der Waals surface area contributed by atoms with Crippen molar-refractivity contribution < 1.29 is 26.3 Å². The van der Waals surface area contributed by atoms with Crippen LogP contribution in [0.25, 0.3) is 0 Å². The summed E-state index contributed by atoms with van der Waals surface area (Å²) in [6.07, 6.45) is -10.3. The summed E-state index contributed by atoms with van der Waals surface area (Å²) in [6, 6.07) is 1.68. The van der Waals surface area contributed by atoms with Gasteiger partial charge in [0.1, 0.15) is 0 Å². The standard InChI is InChI=1S/C14H15BrF6N2.2ClH/c15-11-2-1-9(14(19,20)21)7-10(11)12(8-13(16,17)18)23-5-3-22-4-6-23;;/h1-2,7,12,22H,3-6,8H2;2*1H/t12-;;/m1../s1. The fraction of sp³-hybridized carbons (Fsp3) is 0.571. The lowest BCUT2D eigenvalue weighted by Crippen LogP contribution is -2.46. The maximum Gasteiger partial charge on any atom is 0.416 e. The lowest BCUT2D eigenvalue weighted by molar-refractivity contribution is -0.148. The zero-order valence-electron chi connectivity index (χ0n) is 12.8. The minimum absolute atomic E-state index is 0. The number of benzene rings is 1. The Morgan fingerprint density at radius 1 is 1.04 bits per heavy atom. The summed E-state index contributed by atoms with van der Waals surface area (Å²) >= 11 is 3.10. The zero-order chi connectivity index (χ0) is 17.3. The first-order valence-corrected chi connectivity index (χ1v) is 7.75. The number of hydrogen-bond acceptors (Lipinski definition) is 2. The first-order chi connectivity index (χ1) is 10.6. The Hall–Kier alpha value is -0.220. The Bertz CT molecular complexity index is 547. The predicted octanol–water partition coefficient (Wildman–Crippen LogP) is 5.21. The average molecular weight is 478 g/mol. The van der Waals surface area contributed by atoms with Gasteiger partial charge in [-0.05, 0) is 23.8 Å². The quantitative estimate of drug-likeness (QED) is 0.601. The fourth-order valence-corrected chi connectivity index (χ4v) is 3.14. The molecule has 146 valence electrons. The van der Waals surface area contributed by atoms with Crippen molar-refractivity contribution in [2.75, 3.05) is 26.2 Å². The monoisotopic (exact) mass is 476 g/mol. The number of alkyl halides is 6. The lowest BCUT2D eigenvalue weighted by atomic mass is 9.98. The van der Waals surface area contributed by atoms with Gasteiger partial charge in [-0.3, -0.25) is 4.90 Å². The van der Waals surface area contributed by atoms with Crippen molar-refractivity contribution >= 4 is 40.7 Å². The minimum Gasteiger partial charge on any atom is -0.314 e. The van der Waals surface area contributed by atoms with Gasteiger partial charge < -0.3 is 5.32 Å². The van der Waals surface area contributed by atoms with E-state index in [1.165, 1.54) is 0 Å². The molecule has 0 aliphatic carbocycles. The third kappa shape index (κ3) is 7.13. The molecule has 1 aromatic carbocycles. The average Bonchev–Trinajstić information content (AvgIpc) is 2.44. The molecule has 0 amide bonds. The molecule has 1 aliphatic heterocycles. The van der Waals surface area contributed by atoms with Crippen LogP contribution >= 0.6 is 40.7 Å². The third-order valence-electron chi connectivity index (χ3n) is 3.70. The van der Waals surface area contributed by atoms with Crippen LogP contribution in [0.1, 0.15) is 23.6 Å². The highest BCUT2D eigenvalue weighted by atomic mass is 79.9. The van der Waals surface area contributed by atoms with Gasteiger partial charge in [0, 0.05) is 36.7 Å². The Labute approximate surface area is 162 Å². The van der Waals surface area contributed by atoms with Crippen LogP contribution in [-0.4, -0.2) is 37.3 Å². The van der Waals surface area contributed by atoms with Crippen molar-refractivity contribution in [3.63, 3.8) is 0 Å². The van der Waals surface area contributed by atoms with Gasteiger partial charge in [-0.2, -0.15) is 26.3 Å². The molecule has 1 aliphatic rings. The molecule has 1 saturated heterocycles. The molecule has 2 rings (SSSR count). The zero-order valence-corrected chi connectivity index (χ0v) is 16.0. The van der Waals surface area contributed by atoms with E-state index >= 15 is 0 Å². The van der Waals surface area contributed by atoms with Crippen LogP contribution in [0, 0.1) is 0 Å². The summed E-state index contributed by atoms with van der Waals surface area (Å²) in [5, 5.41) is 3.02. The van der Waals surface area contributed by atoms with Gasteiger partial charge in [0.05, 0.1) is 12.0 Å². The second-order valence-corrected chi connectivity index (χ2v) is 6.21. The summed E-state index contributed by atoms with van der Waals surface area (Å²) in [5.41, 5.74) is -0.933. The van der Waals surface area contributed by atoms with E-state index < -0.39 is 30.4 Å². The highest BCUT2D eigenvalue weighted by Crippen LogP contribution is 2.40. The van der Waals surface area contributed by atoms with Crippen LogP contribution in [0.15, 0.2) is 22.7 Å². The molecule has 11 heteroatoms. The summed E-state index contributed by atoms with van der Waals surface area (Å²) in [7, 11) is 0. The van der Waals surface area contributed by atoms with Crippen molar-refractivity contribution in [2.45, 2.75) is 24.8 Å². The van der Waals surface area contributed by atoms with Crippen LogP contribution < -0.4 is 5.32 Å². The first kappa shape index (κ1) is 24.8. The highest BCUT2D eigenvalue weighted by molar-refractivity contribution is 9.10. The number of halogens is 9. The largest absolute Gasteiger partial charge is 0.416 e. The molecule has 0 bridgehead atoms. The van der Waals surface area contributed by atoms with Gasteiger partial charge >= 0.3 is 12.4 Å². The summed E-state index contributed by atoms with van der Waals surface area (Å²) in [5.74, 6) is 0. The van der Waals surface area contributed by atoms with Crippen LogP contribution in [0.5, 0.6) is 0 Å². The molecule has 1 fully saturated rings. The van der Waals surface area contributed by atoms with E-state index in [2.05, 4.69) is 21.2 Å². The maximum absolute atomic E-state index is 12.9. The lowest BCUT2D eigenvalue weighted by Gasteiger charge is -2.36. The Kier molecular flexibility index (Phi) is 9.55. The molecule has 0 radical (unpaired) electrons. The SMILES string of the molecule is Cl.Cl.FC(F)(F)C[C@H](c1cc(C(F)(F)F)ccc1Br)N1CCNCC1. The van der Waals surface area contributed by atoms with Gasteiger partial charge in [0.15, 0.2) is 0 Å². The van der Waals surface area contributed by atoms with Gasteiger partial charge in [0.25, 0.3) is 0 Å². The van der Waals surface area contributed by atoms with Gasteiger partial charge in [0.2, 0.25) is 0 Å². The van der Waals surface area contributed by atoms with E-state index in [1.807, 2.05) is 0 Å². The van der Waals surface area contributed by atoms with E-state index in [-0.39, 0.29) is 34.9 Å². The number of nitrogens with zero attached hydrogens (tertiary/aromatic N) is 1. The maximum atomic E-state index is 12.9. The molecule has 1 aromatic rings. The van der Waals surface area contributed by atoms with Crippen molar-refractivity contribution in [1.29, 1.82) is 0 Å². The first-order valence-electron chi connectivity index (χ1n) is 6.96. The van der Waals surface area contributed by atoms with Crippen molar-refractivity contribution in [3.8, 4) is 0 Å². The number of nitrogens with one attached hydrogen (secondary N) is 1. The fourth-order valence-electron chi connectivity index (χ4n) is 2.62. The molecular weight excluding hydrogens is 461 g/mol. The van der Waals surface area contributed by atoms with Gasteiger partial charge in [-0.25, -0.2) is 0 Å². The van der Waals surface area contributed by atoms with Crippen molar-refractivity contribution in [3.05, 3.63) is 33.8 Å². The van der Waals surface area contributed by atoms with E-state index in [4.69, 9.17) is 0 Å². The molecule has 25 heavy (non-hydrogen) atoms. The molecule has 0 unspecified atom stereocenters. The summed E-state index contributed by atoms with van der Waals surface area (Å²) < 4.78 is 77.7. The van der Waals surface area contributed by atoms with Crippen LogP contribution in [-0.2, 0) is 6.18 Å². The molecule has 1 heterocycles. The van der Waals surface area contributed by atoms with Crippen LogP contribution in [0.3, 0.4) is 0 Å². The second-order valence-electron chi connectivity index (χ2n) is 5.36. The Morgan fingerprint density at radius 2 is 1.60 bits per heavy atom. The van der Waals surface area contributed by atoms with Crippen molar-refractivity contribution in [2.24, 2.45) is 0 Å². The topological polar surface area (TPSA) is 15.3 Å². The Balaban J connectivity index is 0.00000288. The van der Waals surface area contributed by atoms with Gasteiger partial charge in [-0.1, -0.05) is 15.9 Å². The molecule has 2 nitrogen and oxygen atoms in total. The number of rotatable bonds is 3. The molecule has 1 N–H and O–H groups in total. The smallest absolute Gasteiger partial charge is 0.314 e. The van der Waals surface area contributed by atoms with Crippen LogP contribution in [0.2, 0.25) is 0 Å². The molecule has 0 aromatic heterocycles. The third-order valence-corrected chi connectivity index (χ3v) is 4.42. The molecule has 0 saturated carbocycles. The normalized spacial score (nSPS) is 17.4. The summed E-state index contributed by atoms with van der Waals surface area (Å²) in [6.45, 7) is 1.71. The summed E-state index contributed by atoms with van der Waals surface area (Å²) in [4.78, 5) is 1.57. The van der Waals surface area contributed by atoms with Gasteiger partial charge in [-0.15, -0.1) is 24.8 Å². The second kappa shape index (κ2) is 9.64. The Morgan fingerprint density at radius 3 is 2.08 bits per heavy atom. The minimum atomic E-state index is -4.60. The van der Waals surface area contributed by atoms with Crippen LogP contribution in [0.4, 0.5) is 26.3 Å². The molecular formula is C14H17BrCl2F6N2. The van der Waals surface area contributed by atoms with E-state index in [0.717, 1.165) is 18.2 Å². The number of hydrogen-bond donors (Lipinski definition) is 1.